The molecule has 0 aliphatic heterocycles. The second-order valence-corrected chi connectivity index (χ2v) is 7.47. The van der Waals surface area contributed by atoms with Crippen LogP contribution in [-0.4, -0.2) is 37.8 Å². The van der Waals surface area contributed by atoms with E-state index in [2.05, 4.69) is 37.7 Å². The Hall–Kier alpha value is -3.81. The van der Waals surface area contributed by atoms with E-state index in [1.165, 1.54) is 18.8 Å². The van der Waals surface area contributed by atoms with E-state index in [1.54, 1.807) is 17.8 Å². The topological polar surface area (TPSA) is 94.3 Å². The molecule has 1 aliphatic rings. The first-order valence-electron chi connectivity index (χ1n) is 9.69. The smallest absolute Gasteiger partial charge is 0.271 e. The van der Waals surface area contributed by atoms with Crippen LogP contribution in [-0.2, 0) is 10.2 Å². The Kier molecular flexibility index (Phi) is 4.20. The van der Waals surface area contributed by atoms with Crippen molar-refractivity contribution in [1.29, 1.82) is 0 Å². The van der Waals surface area contributed by atoms with Gasteiger partial charge < -0.3 is 10.1 Å². The summed E-state index contributed by atoms with van der Waals surface area (Å²) in [6, 6.07) is 14.1. The molecule has 0 unspecified atom stereocenters. The highest BCUT2D eigenvalue weighted by Crippen LogP contribution is 2.56. The predicted octanol–water partition coefficient (Wildman–Crippen LogP) is 3.23. The Balaban J connectivity index is 1.66. The van der Waals surface area contributed by atoms with Crippen molar-refractivity contribution in [2.75, 3.05) is 12.4 Å². The molecule has 8 heteroatoms. The maximum absolute atomic E-state index is 11.6. The van der Waals surface area contributed by atoms with Gasteiger partial charge in [0.1, 0.15) is 17.8 Å². The van der Waals surface area contributed by atoms with E-state index in [0.29, 0.717) is 5.78 Å². The van der Waals surface area contributed by atoms with Crippen LogP contribution >= 0.6 is 0 Å². The molecular weight excluding hydrogens is 380 g/mol. The maximum Gasteiger partial charge on any atom is 0.271 e. The summed E-state index contributed by atoms with van der Waals surface area (Å²) in [5, 5.41) is 15.3. The number of amides is 1. The van der Waals surface area contributed by atoms with Crippen LogP contribution in [0.3, 0.4) is 0 Å². The van der Waals surface area contributed by atoms with Gasteiger partial charge >= 0.3 is 0 Å². The predicted molar refractivity (Wildman–Crippen MR) is 111 cm³/mol. The quantitative estimate of drug-likeness (QED) is 0.553. The van der Waals surface area contributed by atoms with Crippen molar-refractivity contribution < 1.29 is 9.53 Å². The lowest BCUT2D eigenvalue weighted by atomic mass is 9.84. The Morgan fingerprint density at radius 1 is 1.17 bits per heavy atom. The lowest BCUT2D eigenvalue weighted by Gasteiger charge is -2.21. The zero-order valence-electron chi connectivity index (χ0n) is 16.7. The van der Waals surface area contributed by atoms with E-state index in [9.17, 15) is 4.79 Å². The number of nitrogens with zero attached hydrogens (tertiary/aromatic N) is 5. The van der Waals surface area contributed by atoms with Crippen LogP contribution in [0.4, 0.5) is 5.69 Å². The molecule has 0 spiro atoms. The first kappa shape index (κ1) is 18.2. The maximum atomic E-state index is 11.6. The lowest BCUT2D eigenvalue weighted by Crippen LogP contribution is -2.13. The monoisotopic (exact) mass is 400 g/mol. The molecule has 2 aromatic heterocycles. The van der Waals surface area contributed by atoms with E-state index in [1.807, 2.05) is 30.3 Å². The van der Waals surface area contributed by atoms with Gasteiger partial charge in [-0.25, -0.2) is 4.98 Å². The molecule has 1 amide bonds. The number of methoxy groups -OCH3 is 1. The molecule has 0 bridgehead atoms. The summed E-state index contributed by atoms with van der Waals surface area (Å²) in [6.45, 7) is 1.51. The molecule has 0 saturated heterocycles. The van der Waals surface area contributed by atoms with Crippen molar-refractivity contribution in [2.24, 2.45) is 0 Å². The van der Waals surface area contributed by atoms with Crippen LogP contribution in [0.15, 0.2) is 55.0 Å². The minimum absolute atomic E-state index is 0.103. The van der Waals surface area contributed by atoms with Crippen molar-refractivity contribution >= 4 is 17.4 Å². The molecule has 0 atom stereocenters. The summed E-state index contributed by atoms with van der Waals surface area (Å²) in [5.74, 6) is 1.17. The van der Waals surface area contributed by atoms with Crippen LogP contribution in [0.1, 0.15) is 30.9 Å². The number of fused-ring (bicyclic) bond motifs is 1. The van der Waals surface area contributed by atoms with Gasteiger partial charge in [0, 0.05) is 23.6 Å². The largest absolute Gasteiger partial charge is 0.497 e. The summed E-state index contributed by atoms with van der Waals surface area (Å²) in [5.41, 5.74) is 4.65. The van der Waals surface area contributed by atoms with Crippen molar-refractivity contribution in [3.8, 4) is 17.0 Å². The molecule has 2 aromatic carbocycles. The Labute approximate surface area is 172 Å². The molecule has 4 aromatic rings. The highest BCUT2D eigenvalue weighted by molar-refractivity contribution is 5.89. The van der Waals surface area contributed by atoms with E-state index in [-0.39, 0.29) is 11.3 Å². The molecule has 5 rings (SSSR count). The Morgan fingerprint density at radius 3 is 2.67 bits per heavy atom. The summed E-state index contributed by atoms with van der Waals surface area (Å²) in [4.78, 5) is 16.0. The van der Waals surface area contributed by atoms with Crippen molar-refractivity contribution in [2.45, 2.75) is 25.2 Å². The van der Waals surface area contributed by atoms with Crippen LogP contribution in [0.5, 0.6) is 5.75 Å². The van der Waals surface area contributed by atoms with E-state index < -0.39 is 0 Å². The van der Waals surface area contributed by atoms with Gasteiger partial charge in [-0.2, -0.15) is 9.61 Å². The number of carbonyl (C=O) groups excluding carboxylic acids is 1. The fraction of sp³-hybridized carbons (Fsp3) is 0.227. The molecular formula is C22H20N6O2. The fourth-order valence-corrected chi connectivity index (χ4v) is 3.96. The number of anilines is 1. The molecule has 2 heterocycles. The average molecular weight is 400 g/mol. The molecule has 1 saturated carbocycles. The van der Waals surface area contributed by atoms with Gasteiger partial charge in [0.2, 0.25) is 5.91 Å². The minimum Gasteiger partial charge on any atom is -0.497 e. The van der Waals surface area contributed by atoms with E-state index in [4.69, 9.17) is 4.74 Å². The third kappa shape index (κ3) is 3.06. The molecule has 0 radical (unpaired) electrons. The molecule has 150 valence electrons. The van der Waals surface area contributed by atoms with Crippen LogP contribution in [0.2, 0.25) is 0 Å². The summed E-state index contributed by atoms with van der Waals surface area (Å²) in [6.07, 6.45) is 5.27. The summed E-state index contributed by atoms with van der Waals surface area (Å²) < 4.78 is 6.88. The van der Waals surface area contributed by atoms with Crippen molar-refractivity contribution in [3.05, 3.63) is 66.1 Å². The lowest BCUT2D eigenvalue weighted by molar-refractivity contribution is -0.114. The van der Waals surface area contributed by atoms with Crippen LogP contribution in [0, 0.1) is 0 Å². The highest BCUT2D eigenvalue weighted by Gasteiger charge is 2.47. The standard InChI is InChI=1S/C22H20N6O2/c1-14(29)25-16-5-8-18(20-12-23-21-26-24-13-28(21)27-20)19(11-16)22(9-10-22)15-3-6-17(30-2)7-4-15/h3-8,11-13H,9-10H2,1-2H3,(H,25,29). The summed E-state index contributed by atoms with van der Waals surface area (Å²) in [7, 11) is 1.66. The zero-order valence-corrected chi connectivity index (χ0v) is 16.7. The minimum atomic E-state index is -0.139. The van der Waals surface area contributed by atoms with Gasteiger partial charge in [0.05, 0.1) is 13.3 Å². The first-order valence-corrected chi connectivity index (χ1v) is 9.69. The molecule has 1 fully saturated rings. The van der Waals surface area contributed by atoms with Gasteiger partial charge in [-0.3, -0.25) is 4.79 Å². The molecule has 1 N–H and O–H groups in total. The second kappa shape index (κ2) is 6.91. The highest BCUT2D eigenvalue weighted by atomic mass is 16.5. The number of rotatable bonds is 5. The van der Waals surface area contributed by atoms with Gasteiger partial charge in [-0.1, -0.05) is 18.2 Å². The van der Waals surface area contributed by atoms with Gasteiger partial charge in [-0.15, -0.1) is 10.2 Å². The summed E-state index contributed by atoms with van der Waals surface area (Å²) >= 11 is 0. The Morgan fingerprint density at radius 2 is 1.97 bits per heavy atom. The van der Waals surface area contributed by atoms with Crippen LogP contribution < -0.4 is 10.1 Å². The van der Waals surface area contributed by atoms with E-state index in [0.717, 1.165) is 41.1 Å². The van der Waals surface area contributed by atoms with Crippen molar-refractivity contribution in [1.82, 2.24) is 24.8 Å². The normalized spacial score (nSPS) is 14.5. The van der Waals surface area contributed by atoms with Gasteiger partial charge in [0.25, 0.3) is 5.78 Å². The number of carbonyl (C=O) groups is 1. The van der Waals surface area contributed by atoms with Crippen molar-refractivity contribution in [3.63, 3.8) is 0 Å². The van der Waals surface area contributed by atoms with E-state index >= 15 is 0 Å². The number of hydrogen-bond acceptors (Lipinski definition) is 6. The number of aromatic nitrogens is 5. The average Bonchev–Trinajstić information content (AvgIpc) is 3.43. The van der Waals surface area contributed by atoms with Crippen LogP contribution in [0.25, 0.3) is 17.0 Å². The fourth-order valence-electron chi connectivity index (χ4n) is 3.96. The SMILES string of the molecule is COc1ccc(C2(c3cc(NC(C)=O)ccc3-c3cnc4nncn4n3)CC2)cc1. The molecule has 30 heavy (non-hydrogen) atoms. The number of hydrogen-bond donors (Lipinski definition) is 1. The molecule has 1 aliphatic carbocycles. The second-order valence-electron chi connectivity index (χ2n) is 7.47. The number of ether oxygens (including phenoxy) is 1. The third-order valence-electron chi connectivity index (χ3n) is 5.55. The zero-order chi connectivity index (χ0) is 20.7. The first-order chi connectivity index (χ1) is 14.6. The molecule has 8 nitrogen and oxygen atoms in total. The Bertz CT molecular complexity index is 1240. The van der Waals surface area contributed by atoms with Gasteiger partial charge in [-0.05, 0) is 48.2 Å². The van der Waals surface area contributed by atoms with Gasteiger partial charge in [0.15, 0.2) is 0 Å². The third-order valence-corrected chi connectivity index (χ3v) is 5.55. The number of benzene rings is 2. The number of nitrogens with one attached hydrogen (secondary N) is 1.